The molecule has 2 aliphatic rings. The molecule has 34 heavy (non-hydrogen) atoms. The summed E-state index contributed by atoms with van der Waals surface area (Å²) in [6.45, 7) is 0.283. The average molecular weight is 474 g/mol. The number of benzene rings is 1. The van der Waals surface area contributed by atoms with Gasteiger partial charge in [0.15, 0.2) is 0 Å². The van der Waals surface area contributed by atoms with Crippen molar-refractivity contribution in [1.82, 2.24) is 25.8 Å². The van der Waals surface area contributed by atoms with Crippen molar-refractivity contribution in [2.24, 2.45) is 0 Å². The first-order valence-corrected chi connectivity index (χ1v) is 11.8. The smallest absolute Gasteiger partial charge is 0.319 e. The standard InChI is InChI=1S/C24H35N5O5/c1-25-21(30)13-19-23(32)28(14-16-9-11-18(34-3)12-10-16)15-20(22(31)26-2)29(19)24(33)27-17-7-5-4-6-8-17/h9-12,17,19-20H,4-8,13-15H2,1-3H3,(H,25,30)(H,26,31)(H,27,33)/t19?,20-/m0/s1. The van der Waals surface area contributed by atoms with E-state index in [1.807, 2.05) is 12.1 Å². The zero-order chi connectivity index (χ0) is 24.7. The molecular weight excluding hydrogens is 438 g/mol. The Morgan fingerprint density at radius 1 is 1.03 bits per heavy atom. The van der Waals surface area contributed by atoms with E-state index in [4.69, 9.17) is 4.74 Å². The largest absolute Gasteiger partial charge is 0.497 e. The number of rotatable bonds is 7. The molecule has 1 aliphatic heterocycles. The van der Waals surface area contributed by atoms with Gasteiger partial charge in [0.25, 0.3) is 0 Å². The van der Waals surface area contributed by atoms with Gasteiger partial charge in [-0.05, 0) is 30.5 Å². The van der Waals surface area contributed by atoms with Gasteiger partial charge in [-0.1, -0.05) is 31.4 Å². The number of carbonyl (C=O) groups excluding carboxylic acids is 4. The topological polar surface area (TPSA) is 120 Å². The Morgan fingerprint density at radius 2 is 1.71 bits per heavy atom. The molecule has 0 bridgehead atoms. The number of hydrogen-bond donors (Lipinski definition) is 3. The lowest BCUT2D eigenvalue weighted by Crippen LogP contribution is -2.69. The van der Waals surface area contributed by atoms with Gasteiger partial charge < -0.3 is 25.6 Å². The van der Waals surface area contributed by atoms with E-state index >= 15 is 0 Å². The molecule has 1 saturated carbocycles. The Balaban J connectivity index is 1.88. The van der Waals surface area contributed by atoms with E-state index in [9.17, 15) is 19.2 Å². The Labute approximate surface area is 200 Å². The molecule has 1 heterocycles. The average Bonchev–Trinajstić information content (AvgIpc) is 2.86. The Hall–Kier alpha value is -3.30. The summed E-state index contributed by atoms with van der Waals surface area (Å²) >= 11 is 0. The molecule has 2 fully saturated rings. The number of nitrogens with one attached hydrogen (secondary N) is 3. The highest BCUT2D eigenvalue weighted by atomic mass is 16.5. The first-order chi connectivity index (χ1) is 16.4. The number of likely N-dealkylation sites (N-methyl/N-ethyl adjacent to an activating group) is 1. The number of methoxy groups -OCH3 is 1. The van der Waals surface area contributed by atoms with Crippen molar-refractivity contribution in [3.63, 3.8) is 0 Å². The lowest BCUT2D eigenvalue weighted by atomic mass is 9.95. The van der Waals surface area contributed by atoms with E-state index < -0.39 is 18.1 Å². The van der Waals surface area contributed by atoms with Crippen LogP contribution < -0.4 is 20.7 Å². The summed E-state index contributed by atoms with van der Waals surface area (Å²) in [6, 6.07) is 4.80. The summed E-state index contributed by atoms with van der Waals surface area (Å²) < 4.78 is 5.19. The molecule has 0 aromatic heterocycles. The second kappa shape index (κ2) is 11.7. The molecule has 1 unspecified atom stereocenters. The molecule has 1 aromatic carbocycles. The first kappa shape index (κ1) is 25.3. The van der Waals surface area contributed by atoms with Crippen LogP contribution in [0.4, 0.5) is 4.79 Å². The van der Waals surface area contributed by atoms with Crippen molar-refractivity contribution in [2.75, 3.05) is 27.7 Å². The van der Waals surface area contributed by atoms with Crippen LogP contribution in [0, 0.1) is 0 Å². The Kier molecular flexibility index (Phi) is 8.72. The molecule has 2 atom stereocenters. The lowest BCUT2D eigenvalue weighted by Gasteiger charge is -2.45. The highest BCUT2D eigenvalue weighted by Gasteiger charge is 2.47. The van der Waals surface area contributed by atoms with Crippen LogP contribution in [-0.4, -0.2) is 79.4 Å². The van der Waals surface area contributed by atoms with Crippen molar-refractivity contribution in [3.05, 3.63) is 29.8 Å². The van der Waals surface area contributed by atoms with Crippen LogP contribution in [0.2, 0.25) is 0 Å². The number of carbonyl (C=O) groups is 4. The van der Waals surface area contributed by atoms with Crippen LogP contribution in [-0.2, 0) is 20.9 Å². The van der Waals surface area contributed by atoms with Crippen LogP contribution in [0.1, 0.15) is 44.1 Å². The fourth-order valence-corrected chi connectivity index (χ4v) is 4.65. The van der Waals surface area contributed by atoms with Crippen LogP contribution in [0.25, 0.3) is 0 Å². The van der Waals surface area contributed by atoms with E-state index in [0.29, 0.717) is 5.75 Å². The minimum Gasteiger partial charge on any atom is -0.497 e. The van der Waals surface area contributed by atoms with Gasteiger partial charge in [0, 0.05) is 26.7 Å². The van der Waals surface area contributed by atoms with Crippen molar-refractivity contribution in [3.8, 4) is 5.75 Å². The van der Waals surface area contributed by atoms with Gasteiger partial charge in [-0.15, -0.1) is 0 Å². The summed E-state index contributed by atoms with van der Waals surface area (Å²) in [5, 5.41) is 8.14. The molecule has 0 spiro atoms. The van der Waals surface area contributed by atoms with Gasteiger partial charge in [-0.3, -0.25) is 19.3 Å². The monoisotopic (exact) mass is 473 g/mol. The van der Waals surface area contributed by atoms with Gasteiger partial charge in [0.05, 0.1) is 20.1 Å². The quantitative estimate of drug-likeness (QED) is 0.546. The number of amides is 5. The minimum atomic E-state index is -1.09. The molecule has 1 aromatic rings. The number of hydrogen-bond acceptors (Lipinski definition) is 5. The third-order valence-corrected chi connectivity index (χ3v) is 6.57. The highest BCUT2D eigenvalue weighted by molar-refractivity contribution is 5.97. The maximum absolute atomic E-state index is 13.5. The summed E-state index contributed by atoms with van der Waals surface area (Å²) in [5.74, 6) is -0.429. The maximum atomic E-state index is 13.5. The van der Waals surface area contributed by atoms with Crippen molar-refractivity contribution >= 4 is 23.8 Å². The van der Waals surface area contributed by atoms with Crippen molar-refractivity contribution in [2.45, 2.75) is 63.2 Å². The fraction of sp³-hybridized carbons (Fsp3) is 0.583. The third-order valence-electron chi connectivity index (χ3n) is 6.57. The number of ether oxygens (including phenoxy) is 1. The molecular formula is C24H35N5O5. The first-order valence-electron chi connectivity index (χ1n) is 11.8. The van der Waals surface area contributed by atoms with Crippen molar-refractivity contribution < 1.29 is 23.9 Å². The molecule has 5 amide bonds. The zero-order valence-corrected chi connectivity index (χ0v) is 20.1. The summed E-state index contributed by atoms with van der Waals surface area (Å²) in [5.41, 5.74) is 0.851. The second-order valence-electron chi connectivity index (χ2n) is 8.78. The van der Waals surface area contributed by atoms with Crippen LogP contribution >= 0.6 is 0 Å². The number of nitrogens with zero attached hydrogens (tertiary/aromatic N) is 2. The van der Waals surface area contributed by atoms with Crippen molar-refractivity contribution in [1.29, 1.82) is 0 Å². The number of piperazine rings is 1. The lowest BCUT2D eigenvalue weighted by molar-refractivity contribution is -0.149. The fourth-order valence-electron chi connectivity index (χ4n) is 4.65. The van der Waals surface area contributed by atoms with E-state index in [1.54, 1.807) is 24.1 Å². The van der Waals surface area contributed by atoms with Gasteiger partial charge in [0.1, 0.15) is 17.8 Å². The SMILES string of the molecule is CNC(=O)CC1C(=O)N(Cc2ccc(OC)cc2)C[C@@H](C(=O)NC)N1C(=O)NC1CCCCC1. The maximum Gasteiger partial charge on any atom is 0.319 e. The Bertz CT molecular complexity index is 884. The molecule has 1 saturated heterocycles. The predicted octanol–water partition coefficient (Wildman–Crippen LogP) is 1.00. The molecule has 3 rings (SSSR count). The summed E-state index contributed by atoms with van der Waals surface area (Å²) in [7, 11) is 4.55. The van der Waals surface area contributed by atoms with Gasteiger partial charge >= 0.3 is 6.03 Å². The van der Waals surface area contributed by atoms with Crippen LogP contribution in [0.3, 0.4) is 0 Å². The molecule has 10 nitrogen and oxygen atoms in total. The Morgan fingerprint density at radius 3 is 2.29 bits per heavy atom. The normalized spacial score (nSPS) is 21.1. The van der Waals surface area contributed by atoms with Crippen LogP contribution in [0.5, 0.6) is 5.75 Å². The summed E-state index contributed by atoms with van der Waals surface area (Å²) in [6.07, 6.45) is 4.69. The van der Waals surface area contributed by atoms with E-state index in [-0.39, 0.29) is 43.3 Å². The molecule has 10 heteroatoms. The van der Waals surface area contributed by atoms with E-state index in [0.717, 1.165) is 37.7 Å². The molecule has 0 radical (unpaired) electrons. The van der Waals surface area contributed by atoms with Crippen LogP contribution in [0.15, 0.2) is 24.3 Å². The number of urea groups is 1. The predicted molar refractivity (Wildman–Crippen MR) is 126 cm³/mol. The minimum absolute atomic E-state index is 0.000305. The van der Waals surface area contributed by atoms with E-state index in [2.05, 4.69) is 16.0 Å². The zero-order valence-electron chi connectivity index (χ0n) is 20.1. The third kappa shape index (κ3) is 5.98. The van der Waals surface area contributed by atoms with Gasteiger partial charge in [0.2, 0.25) is 17.7 Å². The molecule has 186 valence electrons. The second-order valence-corrected chi connectivity index (χ2v) is 8.78. The highest BCUT2D eigenvalue weighted by Crippen LogP contribution is 2.25. The molecule has 1 aliphatic carbocycles. The van der Waals surface area contributed by atoms with Gasteiger partial charge in [-0.2, -0.15) is 0 Å². The van der Waals surface area contributed by atoms with Gasteiger partial charge in [-0.25, -0.2) is 4.79 Å². The summed E-state index contributed by atoms with van der Waals surface area (Å²) in [4.78, 5) is 54.9. The van der Waals surface area contributed by atoms with E-state index in [1.165, 1.54) is 19.0 Å². The molecule has 3 N–H and O–H groups in total.